The minimum atomic E-state index is -0.0445. The molecule has 0 unspecified atom stereocenters. The highest BCUT2D eigenvalue weighted by Crippen LogP contribution is 2.18. The summed E-state index contributed by atoms with van der Waals surface area (Å²) >= 11 is 21.4. The van der Waals surface area contributed by atoms with Crippen LogP contribution in [0.2, 0.25) is 0 Å². The van der Waals surface area contributed by atoms with Crippen molar-refractivity contribution in [2.45, 2.75) is 39.9 Å². The molecule has 0 saturated heterocycles. The van der Waals surface area contributed by atoms with E-state index in [0.717, 1.165) is 0 Å². The molecule has 0 heterocycles. The van der Waals surface area contributed by atoms with Gasteiger partial charge in [0.25, 0.3) is 0 Å². The third kappa shape index (κ3) is 6.33. The zero-order valence-corrected chi connectivity index (χ0v) is 18.0. The van der Waals surface area contributed by atoms with E-state index in [0.29, 0.717) is 34.8 Å². The molecule has 9 heteroatoms. The number of likely N-dealkylation sites (N-methyl/N-ethyl adjacent to an activating group) is 2. The van der Waals surface area contributed by atoms with E-state index >= 15 is 0 Å². The van der Waals surface area contributed by atoms with Crippen LogP contribution in [0, 0.1) is 0 Å². The third-order valence-corrected chi connectivity index (χ3v) is 5.35. The molecule has 135 valence electrons. The number of rotatable bonds is 10. The van der Waals surface area contributed by atoms with Gasteiger partial charge in [-0.3, -0.25) is 0 Å². The molecule has 0 fully saturated rings. The van der Waals surface area contributed by atoms with Crippen molar-refractivity contribution in [3.63, 3.8) is 0 Å². The van der Waals surface area contributed by atoms with Gasteiger partial charge in [0.2, 0.25) is 0 Å². The van der Waals surface area contributed by atoms with E-state index in [1.54, 1.807) is 14.2 Å². The molecule has 5 nitrogen and oxygen atoms in total. The second kappa shape index (κ2) is 10.4. The minimum Gasteiger partial charge on any atom is -0.376 e. The van der Waals surface area contributed by atoms with E-state index < -0.39 is 0 Å². The van der Waals surface area contributed by atoms with Crippen molar-refractivity contribution >= 4 is 58.3 Å². The van der Waals surface area contributed by atoms with Crippen molar-refractivity contribution in [1.29, 1.82) is 0 Å². The largest absolute Gasteiger partial charge is 0.376 e. The summed E-state index contributed by atoms with van der Waals surface area (Å²) in [6.45, 7) is 10.3. The van der Waals surface area contributed by atoms with Gasteiger partial charge in [-0.15, -0.1) is 0 Å². The Hall–Kier alpha value is 0.420. The first-order chi connectivity index (χ1) is 10.6. The topological polar surface area (TPSA) is 32.6 Å². The Balaban J connectivity index is 5.76. The first-order valence-corrected chi connectivity index (χ1v) is 9.23. The Morgan fingerprint density at radius 2 is 1.22 bits per heavy atom. The fourth-order valence-electron chi connectivity index (χ4n) is 2.27. The van der Waals surface area contributed by atoms with Crippen LogP contribution in [0.25, 0.3) is 0 Å². The van der Waals surface area contributed by atoms with Gasteiger partial charge in [0.05, 0.1) is 8.64 Å². The van der Waals surface area contributed by atoms with Gasteiger partial charge in [0, 0.05) is 14.2 Å². The fourth-order valence-corrected chi connectivity index (χ4v) is 3.23. The first kappa shape index (κ1) is 23.4. The number of thiocarbonyl (C=S) groups is 2. The average molecular weight is 399 g/mol. The lowest BCUT2D eigenvalue weighted by Crippen LogP contribution is -2.72. The smallest absolute Gasteiger partial charge is 0.189 e. The van der Waals surface area contributed by atoms with Crippen molar-refractivity contribution < 1.29 is 18.7 Å². The summed E-state index contributed by atoms with van der Waals surface area (Å²) in [6.07, 6.45) is -0.0891. The monoisotopic (exact) mass is 398 g/mol. The summed E-state index contributed by atoms with van der Waals surface area (Å²) in [6, 6.07) is 0. The van der Waals surface area contributed by atoms with Crippen molar-refractivity contribution in [2.24, 2.45) is 0 Å². The van der Waals surface area contributed by atoms with Crippen molar-refractivity contribution in [3.8, 4) is 0 Å². The number of quaternary nitrogens is 2. The standard InChI is InChI=1S/C14H30N3O2S4/c1-7-16(13(20)21,9-11(3)18-5)15-17(8-2,14(22)23)10-12(4)19-6/h11-12H,7-10H2,1-6H3,(H,20,21)(H,22,23)/q+2/p-2/t11-,12-,16+,17+/m1/s1. The number of hydrogen-bond acceptors (Lipinski definition) is 6. The van der Waals surface area contributed by atoms with Crippen LogP contribution in [0.3, 0.4) is 0 Å². The van der Waals surface area contributed by atoms with Gasteiger partial charge >= 0.3 is 0 Å². The molecular weight excluding hydrogens is 370 g/mol. The van der Waals surface area contributed by atoms with E-state index in [2.05, 4.69) is 0 Å². The molecule has 0 aromatic heterocycles. The number of hydrogen-bond donors (Lipinski definition) is 0. The maximum Gasteiger partial charge on any atom is 0.189 e. The molecule has 23 heavy (non-hydrogen) atoms. The number of methoxy groups -OCH3 is 2. The quantitative estimate of drug-likeness (QED) is 0.242. The summed E-state index contributed by atoms with van der Waals surface area (Å²) < 4.78 is 11.7. The summed E-state index contributed by atoms with van der Waals surface area (Å²) in [7, 11) is 3.32. The van der Waals surface area contributed by atoms with E-state index in [4.69, 9.17) is 64.7 Å². The normalized spacial score (nSPS) is 19.4. The zero-order chi connectivity index (χ0) is 18.3. The molecule has 1 radical (unpaired) electrons. The highest BCUT2D eigenvalue weighted by molar-refractivity contribution is 8.00. The SMILES string of the molecule is CC[N@@+](C[C@@H](C)OC)([N][N@@+](CC)(C[C@@H](C)OC)C(=S)[S-])C(=S)[S-]. The number of nitrogens with zero attached hydrogens (tertiary/aromatic N) is 3. The summed E-state index contributed by atoms with van der Waals surface area (Å²) in [5.41, 5.74) is 4.98. The van der Waals surface area contributed by atoms with Crippen LogP contribution < -0.4 is 5.53 Å². The van der Waals surface area contributed by atoms with E-state index in [-0.39, 0.29) is 21.4 Å². The Labute approximate surface area is 162 Å². The lowest BCUT2D eigenvalue weighted by molar-refractivity contribution is -1.09. The summed E-state index contributed by atoms with van der Waals surface area (Å²) in [4.78, 5) is 0. The van der Waals surface area contributed by atoms with E-state index in [1.807, 2.05) is 27.7 Å². The predicted molar refractivity (Wildman–Crippen MR) is 106 cm³/mol. The molecule has 0 aromatic rings. The van der Waals surface area contributed by atoms with Crippen LogP contribution in [0.4, 0.5) is 0 Å². The third-order valence-electron chi connectivity index (χ3n) is 3.99. The highest BCUT2D eigenvalue weighted by atomic mass is 32.1. The van der Waals surface area contributed by atoms with E-state index in [9.17, 15) is 0 Å². The van der Waals surface area contributed by atoms with Crippen LogP contribution in [0.5, 0.6) is 0 Å². The molecule has 0 aromatic carbocycles. The molecule has 0 aliphatic carbocycles. The van der Waals surface area contributed by atoms with Crippen molar-refractivity contribution in [1.82, 2.24) is 5.53 Å². The molecule has 0 rings (SSSR count). The molecule has 0 spiro atoms. The van der Waals surface area contributed by atoms with Crippen LogP contribution in [-0.2, 0) is 34.7 Å². The molecule has 0 saturated carbocycles. The highest BCUT2D eigenvalue weighted by Gasteiger charge is 2.44. The van der Waals surface area contributed by atoms with Gasteiger partial charge in [-0.1, -0.05) is 0 Å². The Kier molecular flexibility index (Phi) is 10.6. The molecule has 0 aliphatic heterocycles. The molecule has 0 amide bonds. The molecule has 0 aliphatic rings. The van der Waals surface area contributed by atoms with Gasteiger partial charge in [-0.05, 0) is 27.7 Å². The van der Waals surface area contributed by atoms with Gasteiger partial charge in [-0.2, -0.15) is 9.18 Å². The van der Waals surface area contributed by atoms with Gasteiger partial charge in [0.1, 0.15) is 38.4 Å². The minimum absolute atomic E-state index is 0.0445. The molecular formula is C14H28N3O2S4. The lowest BCUT2D eigenvalue weighted by Gasteiger charge is -2.45. The predicted octanol–water partition coefficient (Wildman–Crippen LogP) is 1.83. The Morgan fingerprint density at radius 1 is 0.913 bits per heavy atom. The van der Waals surface area contributed by atoms with Crippen LogP contribution in [0.15, 0.2) is 0 Å². The lowest BCUT2D eigenvalue weighted by atomic mass is 10.3. The average Bonchev–Trinajstić information content (AvgIpc) is 2.52. The van der Waals surface area contributed by atoms with E-state index in [1.165, 1.54) is 0 Å². The van der Waals surface area contributed by atoms with Crippen LogP contribution >= 0.6 is 24.4 Å². The zero-order valence-electron chi connectivity index (χ0n) is 14.8. The Bertz CT molecular complexity index is 377. The second-order valence-electron chi connectivity index (χ2n) is 5.56. The van der Waals surface area contributed by atoms with Crippen LogP contribution in [-0.4, -0.2) is 70.4 Å². The maximum atomic E-state index is 5.40. The van der Waals surface area contributed by atoms with Crippen LogP contribution in [0.1, 0.15) is 27.7 Å². The van der Waals surface area contributed by atoms with Crippen molar-refractivity contribution in [2.75, 3.05) is 40.4 Å². The van der Waals surface area contributed by atoms with Gasteiger partial charge in [-0.25, -0.2) is 0 Å². The summed E-state index contributed by atoms with van der Waals surface area (Å²) in [5, 5.41) is 0. The summed E-state index contributed by atoms with van der Waals surface area (Å²) in [5.74, 6) is 0. The fraction of sp³-hybridized carbons (Fsp3) is 0.857. The number of ether oxygens (including phenoxy) is 2. The Morgan fingerprint density at radius 3 is 1.39 bits per heavy atom. The molecule has 0 N–H and O–H groups in total. The first-order valence-electron chi connectivity index (χ1n) is 7.60. The second-order valence-corrected chi connectivity index (χ2v) is 7.62. The van der Waals surface area contributed by atoms with Gasteiger partial charge < -0.3 is 59.2 Å². The van der Waals surface area contributed by atoms with Crippen molar-refractivity contribution in [3.05, 3.63) is 0 Å². The maximum absolute atomic E-state index is 5.40. The molecule has 0 bridgehead atoms. The van der Waals surface area contributed by atoms with Gasteiger partial charge in [0.15, 0.2) is 5.53 Å². The molecule has 4 atom stereocenters.